The minimum Gasteiger partial charge on any atom is -0.371 e. The largest absolute Gasteiger partial charge is 0.371 e. The lowest BCUT2D eigenvalue weighted by molar-refractivity contribution is 0.112. The molecular formula is C15H21BrN2O. The van der Waals surface area contributed by atoms with Crippen LogP contribution in [0.3, 0.4) is 0 Å². The number of aldehydes is 1. The summed E-state index contributed by atoms with van der Waals surface area (Å²) >= 11 is 3.57. The molecule has 104 valence electrons. The monoisotopic (exact) mass is 324 g/mol. The third kappa shape index (κ3) is 3.37. The molecular weight excluding hydrogens is 304 g/mol. The molecule has 1 aromatic carbocycles. The molecule has 1 heterocycles. The second-order valence-corrected chi connectivity index (χ2v) is 5.96. The number of halogens is 1. The molecule has 0 atom stereocenters. The van der Waals surface area contributed by atoms with Crippen LogP contribution in [0.2, 0.25) is 0 Å². The fourth-order valence-corrected chi connectivity index (χ4v) is 3.38. The number of piperidine rings is 1. The molecule has 1 aromatic rings. The van der Waals surface area contributed by atoms with E-state index in [0.29, 0.717) is 11.6 Å². The van der Waals surface area contributed by atoms with Crippen molar-refractivity contribution in [2.75, 3.05) is 31.6 Å². The van der Waals surface area contributed by atoms with E-state index in [4.69, 9.17) is 0 Å². The first-order valence-corrected chi connectivity index (χ1v) is 7.65. The van der Waals surface area contributed by atoms with E-state index in [9.17, 15) is 4.79 Å². The van der Waals surface area contributed by atoms with E-state index in [1.54, 1.807) is 0 Å². The summed E-state index contributed by atoms with van der Waals surface area (Å²) in [5.74, 6) is 0. The molecule has 0 unspecified atom stereocenters. The number of hydrogen-bond donors (Lipinski definition) is 0. The van der Waals surface area contributed by atoms with Crippen molar-refractivity contribution in [1.82, 2.24) is 4.90 Å². The summed E-state index contributed by atoms with van der Waals surface area (Å²) in [6.45, 7) is 5.72. The number of nitrogens with zero attached hydrogens (tertiary/aromatic N) is 2. The first kappa shape index (κ1) is 14.5. The first-order chi connectivity index (χ1) is 9.15. The van der Waals surface area contributed by atoms with E-state index in [0.717, 1.165) is 17.3 Å². The molecule has 0 bridgehead atoms. The Morgan fingerprint density at radius 1 is 1.42 bits per heavy atom. The minimum atomic E-state index is 0.584. The lowest BCUT2D eigenvalue weighted by atomic mass is 10.0. The number of anilines is 1. The predicted octanol–water partition coefficient (Wildman–Crippen LogP) is 3.18. The summed E-state index contributed by atoms with van der Waals surface area (Å²) in [6.07, 6.45) is 3.28. The highest BCUT2D eigenvalue weighted by Crippen LogP contribution is 2.30. The molecule has 19 heavy (non-hydrogen) atoms. The second kappa shape index (κ2) is 6.53. The van der Waals surface area contributed by atoms with Crippen LogP contribution in [0.4, 0.5) is 5.69 Å². The Bertz CT molecular complexity index is 442. The van der Waals surface area contributed by atoms with E-state index in [2.05, 4.69) is 39.7 Å². The van der Waals surface area contributed by atoms with Gasteiger partial charge in [-0.1, -0.05) is 6.92 Å². The number of carbonyl (C=O) groups is 1. The van der Waals surface area contributed by atoms with Crippen molar-refractivity contribution < 1.29 is 4.79 Å². The van der Waals surface area contributed by atoms with E-state index < -0.39 is 0 Å². The highest BCUT2D eigenvalue weighted by molar-refractivity contribution is 9.10. The normalized spacial score (nSPS) is 17.4. The van der Waals surface area contributed by atoms with Gasteiger partial charge in [0.2, 0.25) is 0 Å². The van der Waals surface area contributed by atoms with E-state index in [-0.39, 0.29) is 0 Å². The zero-order valence-corrected chi connectivity index (χ0v) is 13.2. The summed E-state index contributed by atoms with van der Waals surface area (Å²) in [7, 11) is 2.15. The number of rotatable bonds is 4. The van der Waals surface area contributed by atoms with Gasteiger partial charge in [-0.05, 0) is 53.5 Å². The van der Waals surface area contributed by atoms with Crippen molar-refractivity contribution in [2.24, 2.45) is 0 Å². The van der Waals surface area contributed by atoms with Crippen LogP contribution in [-0.4, -0.2) is 43.9 Å². The molecule has 3 nitrogen and oxygen atoms in total. The smallest absolute Gasteiger partial charge is 0.150 e. The Balaban J connectivity index is 2.07. The third-order valence-electron chi connectivity index (χ3n) is 4.04. The van der Waals surface area contributed by atoms with Gasteiger partial charge in [-0.15, -0.1) is 0 Å². The molecule has 0 saturated carbocycles. The highest BCUT2D eigenvalue weighted by atomic mass is 79.9. The van der Waals surface area contributed by atoms with Crippen LogP contribution in [0.1, 0.15) is 30.1 Å². The maximum Gasteiger partial charge on any atom is 0.150 e. The van der Waals surface area contributed by atoms with Gasteiger partial charge in [-0.2, -0.15) is 0 Å². The number of hydrogen-bond acceptors (Lipinski definition) is 3. The Labute approximate surface area is 123 Å². The summed E-state index contributed by atoms with van der Waals surface area (Å²) < 4.78 is 0.998. The van der Waals surface area contributed by atoms with Gasteiger partial charge in [0.1, 0.15) is 6.29 Å². The lowest BCUT2D eigenvalue weighted by Gasteiger charge is -2.37. The zero-order valence-electron chi connectivity index (χ0n) is 11.6. The summed E-state index contributed by atoms with van der Waals surface area (Å²) in [5.41, 5.74) is 1.88. The van der Waals surface area contributed by atoms with E-state index in [1.165, 1.54) is 31.6 Å². The maximum atomic E-state index is 10.8. The van der Waals surface area contributed by atoms with Crippen molar-refractivity contribution in [1.29, 1.82) is 0 Å². The summed E-state index contributed by atoms with van der Waals surface area (Å²) in [5, 5.41) is 0. The molecule has 0 N–H and O–H groups in total. The summed E-state index contributed by atoms with van der Waals surface area (Å²) in [6, 6.07) is 6.38. The van der Waals surface area contributed by atoms with Crippen molar-refractivity contribution in [3.05, 3.63) is 28.2 Å². The van der Waals surface area contributed by atoms with Gasteiger partial charge in [0.15, 0.2) is 0 Å². The van der Waals surface area contributed by atoms with Crippen molar-refractivity contribution in [3.8, 4) is 0 Å². The van der Waals surface area contributed by atoms with Crippen LogP contribution in [0.5, 0.6) is 0 Å². The van der Waals surface area contributed by atoms with Crippen LogP contribution in [-0.2, 0) is 0 Å². The van der Waals surface area contributed by atoms with Crippen LogP contribution in [0, 0.1) is 0 Å². The fraction of sp³-hybridized carbons (Fsp3) is 0.533. The van der Waals surface area contributed by atoms with Crippen LogP contribution in [0.15, 0.2) is 22.7 Å². The lowest BCUT2D eigenvalue weighted by Crippen LogP contribution is -2.43. The molecule has 0 radical (unpaired) electrons. The fourth-order valence-electron chi connectivity index (χ4n) is 2.70. The Hall–Kier alpha value is -0.870. The maximum absolute atomic E-state index is 10.8. The standard InChI is InChI=1S/C15H21BrN2O/c1-3-18-8-6-13(7-9-18)17(2)15-5-4-12(11-19)10-14(15)16/h4-5,10-11,13H,3,6-9H2,1-2H3. The first-order valence-electron chi connectivity index (χ1n) is 6.85. The van der Waals surface area contributed by atoms with E-state index in [1.807, 2.05) is 18.2 Å². The second-order valence-electron chi connectivity index (χ2n) is 5.11. The molecule has 1 aliphatic rings. The van der Waals surface area contributed by atoms with Gasteiger partial charge >= 0.3 is 0 Å². The van der Waals surface area contributed by atoms with Gasteiger partial charge in [0.05, 0.1) is 5.69 Å². The number of carbonyl (C=O) groups excluding carboxylic acids is 1. The zero-order chi connectivity index (χ0) is 13.8. The molecule has 1 aliphatic heterocycles. The highest BCUT2D eigenvalue weighted by Gasteiger charge is 2.22. The van der Waals surface area contributed by atoms with Crippen molar-refractivity contribution in [3.63, 3.8) is 0 Å². The molecule has 2 rings (SSSR count). The molecule has 0 amide bonds. The van der Waals surface area contributed by atoms with Crippen molar-refractivity contribution in [2.45, 2.75) is 25.8 Å². The molecule has 1 saturated heterocycles. The Morgan fingerprint density at radius 3 is 2.63 bits per heavy atom. The van der Waals surface area contributed by atoms with E-state index >= 15 is 0 Å². The van der Waals surface area contributed by atoms with Crippen molar-refractivity contribution >= 4 is 27.9 Å². The van der Waals surface area contributed by atoms with Crippen LogP contribution < -0.4 is 4.90 Å². The quantitative estimate of drug-likeness (QED) is 0.795. The van der Waals surface area contributed by atoms with Gasteiger partial charge < -0.3 is 9.80 Å². The molecule has 4 heteroatoms. The summed E-state index contributed by atoms with van der Waals surface area (Å²) in [4.78, 5) is 15.6. The molecule has 0 spiro atoms. The molecule has 1 fully saturated rings. The Kier molecular flexibility index (Phi) is 4.99. The van der Waals surface area contributed by atoms with Crippen LogP contribution in [0.25, 0.3) is 0 Å². The molecule has 0 aromatic heterocycles. The third-order valence-corrected chi connectivity index (χ3v) is 4.68. The Morgan fingerprint density at radius 2 is 2.11 bits per heavy atom. The van der Waals surface area contributed by atoms with Gasteiger partial charge in [-0.3, -0.25) is 4.79 Å². The topological polar surface area (TPSA) is 23.6 Å². The number of benzene rings is 1. The number of likely N-dealkylation sites (tertiary alicyclic amines) is 1. The predicted molar refractivity (Wildman–Crippen MR) is 83.1 cm³/mol. The SMILES string of the molecule is CCN1CCC(N(C)c2ccc(C=O)cc2Br)CC1. The van der Waals surface area contributed by atoms with Gasteiger partial charge in [0, 0.05) is 36.2 Å². The minimum absolute atomic E-state index is 0.584. The average molecular weight is 325 g/mol. The van der Waals surface area contributed by atoms with Gasteiger partial charge in [-0.25, -0.2) is 0 Å². The van der Waals surface area contributed by atoms with Gasteiger partial charge in [0.25, 0.3) is 0 Å². The average Bonchev–Trinajstić information content (AvgIpc) is 2.46. The van der Waals surface area contributed by atoms with Crippen LogP contribution >= 0.6 is 15.9 Å². The molecule has 0 aliphatic carbocycles.